The number of nitrogens with zero attached hydrogens (tertiary/aromatic N) is 6. The molecule has 15 nitrogen and oxygen atoms in total. The Bertz CT molecular complexity index is 1750. The molecule has 0 radical (unpaired) electrons. The minimum absolute atomic E-state index is 0.00211. The summed E-state index contributed by atoms with van der Waals surface area (Å²) in [6.07, 6.45) is 3.30. The predicted molar refractivity (Wildman–Crippen MR) is 145 cm³/mol. The number of hydrogen-bond donors (Lipinski definition) is 3. The van der Waals surface area contributed by atoms with Gasteiger partial charge in [-0.15, -0.1) is 23.1 Å². The minimum Gasteiger partial charge on any atom is -0.543 e. The SMILES string of the molecule is CC(C)(O/N=C(\C(=O)N[C@@H]1C(=O)N2C(C(=O)[O-])=C(C[n+]3cc(C#N)n4ccccc43)CS[C@H]12)c1csc(N)n1)C(=O)O. The number of imidazole rings is 1. The van der Waals surface area contributed by atoms with Gasteiger partial charge in [0.2, 0.25) is 11.3 Å². The molecule has 42 heavy (non-hydrogen) atoms. The topological polar surface area (TPSA) is 219 Å². The van der Waals surface area contributed by atoms with Crippen LogP contribution in [0.2, 0.25) is 0 Å². The Hall–Kier alpha value is -4.95. The van der Waals surface area contributed by atoms with Crippen LogP contribution in [0.3, 0.4) is 0 Å². The molecule has 216 valence electrons. The summed E-state index contributed by atoms with van der Waals surface area (Å²) in [4.78, 5) is 60.3. The quantitative estimate of drug-likeness (QED) is 0.113. The fourth-order valence-corrected chi connectivity index (χ4v) is 6.25. The number of carbonyl (C=O) groups excluding carboxylic acids is 3. The van der Waals surface area contributed by atoms with Crippen LogP contribution >= 0.6 is 23.1 Å². The Morgan fingerprint density at radius 3 is 2.81 bits per heavy atom. The second-order valence-corrected chi connectivity index (χ2v) is 11.7. The van der Waals surface area contributed by atoms with E-state index in [9.17, 15) is 34.7 Å². The van der Waals surface area contributed by atoms with Crippen LogP contribution < -0.4 is 20.7 Å². The normalized spacial score (nSPS) is 18.7. The number of aliphatic carboxylic acids is 2. The molecule has 0 unspecified atom stereocenters. The lowest BCUT2D eigenvalue weighted by atomic mass is 10.0. The number of nitrogen functional groups attached to an aromatic ring is 1. The number of fused-ring (bicyclic) bond motifs is 2. The summed E-state index contributed by atoms with van der Waals surface area (Å²) in [6, 6.07) is 6.28. The highest BCUT2D eigenvalue weighted by Gasteiger charge is 2.53. The number of oxime groups is 1. The number of hydrogen-bond acceptors (Lipinski definition) is 12. The van der Waals surface area contributed by atoms with E-state index in [0.29, 0.717) is 16.9 Å². The van der Waals surface area contributed by atoms with Gasteiger partial charge in [0.15, 0.2) is 10.8 Å². The van der Waals surface area contributed by atoms with Crippen molar-refractivity contribution in [1.29, 1.82) is 5.26 Å². The highest BCUT2D eigenvalue weighted by Crippen LogP contribution is 2.40. The highest BCUT2D eigenvalue weighted by atomic mass is 32.2. The van der Waals surface area contributed by atoms with E-state index in [1.807, 2.05) is 0 Å². The van der Waals surface area contributed by atoms with Crippen molar-refractivity contribution in [1.82, 2.24) is 19.6 Å². The lowest BCUT2D eigenvalue weighted by Gasteiger charge is -2.50. The van der Waals surface area contributed by atoms with Gasteiger partial charge in [0.25, 0.3) is 17.5 Å². The molecule has 2 atom stereocenters. The Kier molecular flexibility index (Phi) is 7.34. The van der Waals surface area contributed by atoms with E-state index in [1.165, 1.54) is 31.0 Å². The lowest BCUT2D eigenvalue weighted by molar-refractivity contribution is -0.662. The number of amides is 2. The maximum Gasteiger partial charge on any atom is 0.350 e. The molecule has 0 spiro atoms. The van der Waals surface area contributed by atoms with E-state index in [0.717, 1.165) is 16.2 Å². The van der Waals surface area contributed by atoms with Crippen LogP contribution in [0, 0.1) is 11.3 Å². The standard InChI is InChI=1S/C25H22N8O7S2/c1-25(2,23(38)39)40-30-16(14-11-42-24(27)28-14)19(34)29-17-20(35)33-18(22(36)37)12(10-41-21(17)33)8-31-9-13(7-26)32-6-4-3-5-15(31)32/h3-6,9,11,17,21H,8,10H2,1-2H3,(H4-,27,28,29,34,36,37,38,39)/b30-16-/t17-,21-/m1/s1. The largest absolute Gasteiger partial charge is 0.543 e. The third-order valence-electron chi connectivity index (χ3n) is 6.53. The molecule has 5 rings (SSSR count). The molecule has 3 aromatic rings. The molecule has 1 fully saturated rings. The second kappa shape index (κ2) is 10.8. The van der Waals surface area contributed by atoms with Crippen molar-refractivity contribution in [2.75, 3.05) is 11.5 Å². The Morgan fingerprint density at radius 2 is 2.17 bits per heavy atom. The molecule has 0 aliphatic carbocycles. The van der Waals surface area contributed by atoms with Crippen molar-refractivity contribution in [3.8, 4) is 6.07 Å². The Balaban J connectivity index is 1.39. The zero-order valence-electron chi connectivity index (χ0n) is 22.0. The van der Waals surface area contributed by atoms with Crippen molar-refractivity contribution < 1.29 is 38.8 Å². The van der Waals surface area contributed by atoms with Crippen LogP contribution in [0.25, 0.3) is 5.65 Å². The number of thiazole rings is 1. The molecular formula is C25H22N8O7S2. The summed E-state index contributed by atoms with van der Waals surface area (Å²) >= 11 is 2.25. The number of β-lactam (4-membered cyclic amide) rings is 1. The average molecular weight is 611 g/mol. The first kappa shape index (κ1) is 28.6. The fraction of sp³-hybridized carbons (Fsp3) is 0.280. The molecular weight excluding hydrogens is 588 g/mol. The van der Waals surface area contributed by atoms with Gasteiger partial charge in [0.05, 0.1) is 17.9 Å². The first-order chi connectivity index (χ1) is 19.9. The second-order valence-electron chi connectivity index (χ2n) is 9.70. The molecule has 1 saturated heterocycles. The number of nitrogens with two attached hydrogens (primary N) is 1. The van der Waals surface area contributed by atoms with Gasteiger partial charge in [-0.3, -0.25) is 14.5 Å². The van der Waals surface area contributed by atoms with E-state index < -0.39 is 46.5 Å². The Labute approximate surface area is 245 Å². The first-order valence-electron chi connectivity index (χ1n) is 12.2. The van der Waals surface area contributed by atoms with E-state index in [-0.39, 0.29) is 28.8 Å². The van der Waals surface area contributed by atoms with Crippen molar-refractivity contribution in [3.63, 3.8) is 0 Å². The van der Waals surface area contributed by atoms with E-state index >= 15 is 0 Å². The van der Waals surface area contributed by atoms with E-state index in [2.05, 4.69) is 21.5 Å². The summed E-state index contributed by atoms with van der Waals surface area (Å²) < 4.78 is 3.37. The van der Waals surface area contributed by atoms with Crippen molar-refractivity contribution in [2.24, 2.45) is 5.16 Å². The summed E-state index contributed by atoms with van der Waals surface area (Å²) in [6.45, 7) is 2.55. The zero-order chi connectivity index (χ0) is 30.3. The third-order valence-corrected chi connectivity index (χ3v) is 8.55. The molecule has 4 N–H and O–H groups in total. The third kappa shape index (κ3) is 5.01. The van der Waals surface area contributed by atoms with Crippen molar-refractivity contribution >= 4 is 63.3 Å². The van der Waals surface area contributed by atoms with Crippen LogP contribution in [0.5, 0.6) is 0 Å². The molecule has 2 aliphatic rings. The van der Waals surface area contributed by atoms with Crippen LogP contribution in [-0.2, 0) is 30.6 Å². The van der Waals surface area contributed by atoms with Crippen molar-refractivity contribution in [3.05, 3.63) is 58.6 Å². The number of thioether (sulfide) groups is 1. The minimum atomic E-state index is -1.78. The van der Waals surface area contributed by atoms with Gasteiger partial charge in [-0.05, 0) is 19.9 Å². The van der Waals surface area contributed by atoms with Crippen LogP contribution in [0.4, 0.5) is 5.13 Å². The number of anilines is 1. The van der Waals surface area contributed by atoms with Gasteiger partial charge >= 0.3 is 5.97 Å². The van der Waals surface area contributed by atoms with Crippen LogP contribution in [0.15, 0.2) is 52.4 Å². The van der Waals surface area contributed by atoms with E-state index in [4.69, 9.17) is 10.6 Å². The molecule has 0 bridgehead atoms. The summed E-state index contributed by atoms with van der Waals surface area (Å²) in [7, 11) is 0. The zero-order valence-corrected chi connectivity index (χ0v) is 23.6. The number of rotatable bonds is 9. The molecule has 0 aromatic carbocycles. The molecule has 5 heterocycles. The summed E-state index contributed by atoms with van der Waals surface area (Å²) in [5.74, 6) is -4.28. The van der Waals surface area contributed by atoms with Gasteiger partial charge in [-0.25, -0.2) is 14.3 Å². The lowest BCUT2D eigenvalue weighted by Crippen LogP contribution is -2.71. The number of carboxylic acid groups (broad SMARTS) is 2. The van der Waals surface area contributed by atoms with Gasteiger partial charge in [-0.1, -0.05) is 11.2 Å². The smallest absolute Gasteiger partial charge is 0.350 e. The average Bonchev–Trinajstić information content (AvgIpc) is 3.54. The van der Waals surface area contributed by atoms with Crippen molar-refractivity contribution in [2.45, 2.75) is 37.4 Å². The number of aromatic nitrogens is 3. The molecule has 17 heteroatoms. The van der Waals surface area contributed by atoms with E-state index in [1.54, 1.807) is 39.6 Å². The fourth-order valence-electron chi connectivity index (χ4n) is 4.37. The number of nitriles is 1. The molecule has 2 aliphatic heterocycles. The molecule has 2 amide bonds. The highest BCUT2D eigenvalue weighted by molar-refractivity contribution is 8.00. The van der Waals surface area contributed by atoms with Gasteiger partial charge in [-0.2, -0.15) is 9.66 Å². The number of nitrogens with one attached hydrogen (secondary N) is 1. The van der Waals surface area contributed by atoms with Crippen LogP contribution in [-0.4, -0.2) is 71.6 Å². The Morgan fingerprint density at radius 1 is 1.40 bits per heavy atom. The molecule has 0 saturated carbocycles. The monoisotopic (exact) mass is 610 g/mol. The summed E-state index contributed by atoms with van der Waals surface area (Å²) in [5.41, 5.74) is 4.58. The number of carbonyl (C=O) groups is 4. The number of carboxylic acids is 2. The van der Waals surface area contributed by atoms with Gasteiger partial charge < -0.3 is 30.9 Å². The van der Waals surface area contributed by atoms with Crippen LogP contribution in [0.1, 0.15) is 25.2 Å². The summed E-state index contributed by atoms with van der Waals surface area (Å²) in [5, 5.41) is 38.1. The maximum absolute atomic E-state index is 13.2. The number of pyridine rings is 1. The molecule has 3 aromatic heterocycles. The predicted octanol–water partition coefficient (Wildman–Crippen LogP) is -1.17. The van der Waals surface area contributed by atoms with Gasteiger partial charge in [0.1, 0.15) is 35.9 Å². The maximum atomic E-state index is 13.2. The van der Waals surface area contributed by atoms with Gasteiger partial charge in [0, 0.05) is 22.8 Å². The first-order valence-corrected chi connectivity index (χ1v) is 14.1.